The molecule has 1 atom stereocenters. The van der Waals surface area contributed by atoms with Gasteiger partial charge in [0.25, 0.3) is 5.91 Å². The van der Waals surface area contributed by atoms with E-state index in [1.165, 1.54) is 0 Å². The lowest BCUT2D eigenvalue weighted by Gasteiger charge is -2.23. The third-order valence-electron chi connectivity index (χ3n) is 3.56. The summed E-state index contributed by atoms with van der Waals surface area (Å²) >= 11 is 7.50. The van der Waals surface area contributed by atoms with Gasteiger partial charge in [0.15, 0.2) is 0 Å². The van der Waals surface area contributed by atoms with E-state index >= 15 is 0 Å². The molecule has 1 saturated heterocycles. The van der Waals surface area contributed by atoms with Crippen molar-refractivity contribution in [2.45, 2.75) is 6.04 Å². The minimum Gasteiger partial charge on any atom is -0.324 e. The van der Waals surface area contributed by atoms with Gasteiger partial charge in [0, 0.05) is 22.0 Å². The molecule has 2 aromatic carbocycles. The Morgan fingerprint density at radius 3 is 2.65 bits per heavy atom. The Kier molecular flexibility index (Phi) is 4.88. The smallest absolute Gasteiger partial charge is 0.255 e. The zero-order valence-electron chi connectivity index (χ0n) is 12.2. The molecule has 0 aliphatic carbocycles. The van der Waals surface area contributed by atoms with Crippen molar-refractivity contribution in [2.75, 3.05) is 16.9 Å². The molecular formula is C17H15ClN2O2S. The van der Waals surface area contributed by atoms with Crippen LogP contribution in [0.4, 0.5) is 5.69 Å². The Morgan fingerprint density at radius 2 is 1.91 bits per heavy atom. The molecule has 2 amide bonds. The fourth-order valence-corrected chi connectivity index (χ4v) is 3.74. The van der Waals surface area contributed by atoms with Crippen LogP contribution in [0.2, 0.25) is 5.02 Å². The topological polar surface area (TPSA) is 49.4 Å². The molecule has 4 nitrogen and oxygen atoms in total. The van der Waals surface area contributed by atoms with E-state index in [4.69, 9.17) is 11.6 Å². The lowest BCUT2D eigenvalue weighted by atomic mass is 10.1. The molecule has 1 unspecified atom stereocenters. The second kappa shape index (κ2) is 7.06. The number of hydrogen-bond donors (Lipinski definition) is 1. The van der Waals surface area contributed by atoms with Crippen LogP contribution in [0, 0.1) is 0 Å². The predicted molar refractivity (Wildman–Crippen MR) is 93.8 cm³/mol. The summed E-state index contributed by atoms with van der Waals surface area (Å²) < 4.78 is 0. The van der Waals surface area contributed by atoms with Crippen molar-refractivity contribution in [1.82, 2.24) is 4.90 Å². The lowest BCUT2D eigenvalue weighted by Crippen LogP contribution is -2.44. The minimum absolute atomic E-state index is 0.123. The van der Waals surface area contributed by atoms with Crippen LogP contribution >= 0.6 is 23.4 Å². The quantitative estimate of drug-likeness (QED) is 0.925. The van der Waals surface area contributed by atoms with Gasteiger partial charge < -0.3 is 10.2 Å². The third-order valence-corrected chi connectivity index (χ3v) is 4.81. The molecule has 0 radical (unpaired) electrons. The van der Waals surface area contributed by atoms with Crippen molar-refractivity contribution in [3.8, 4) is 0 Å². The summed E-state index contributed by atoms with van der Waals surface area (Å²) in [6.45, 7) is 0. The first-order valence-electron chi connectivity index (χ1n) is 7.15. The number of nitrogens with one attached hydrogen (secondary N) is 1. The maximum atomic E-state index is 12.6. The van der Waals surface area contributed by atoms with E-state index in [0.717, 1.165) is 0 Å². The third kappa shape index (κ3) is 3.68. The summed E-state index contributed by atoms with van der Waals surface area (Å²) in [6.07, 6.45) is 0. The van der Waals surface area contributed by atoms with Crippen LogP contribution in [-0.2, 0) is 4.79 Å². The number of amides is 2. The van der Waals surface area contributed by atoms with Gasteiger partial charge >= 0.3 is 0 Å². The highest BCUT2D eigenvalue weighted by Gasteiger charge is 2.35. The van der Waals surface area contributed by atoms with E-state index in [1.54, 1.807) is 53.1 Å². The van der Waals surface area contributed by atoms with E-state index < -0.39 is 6.04 Å². The molecule has 0 saturated carbocycles. The van der Waals surface area contributed by atoms with Crippen LogP contribution in [0.15, 0.2) is 54.6 Å². The van der Waals surface area contributed by atoms with Crippen molar-refractivity contribution in [3.63, 3.8) is 0 Å². The second-order valence-electron chi connectivity index (χ2n) is 5.16. The van der Waals surface area contributed by atoms with E-state index in [2.05, 4.69) is 5.32 Å². The summed E-state index contributed by atoms with van der Waals surface area (Å²) in [6, 6.07) is 15.5. The maximum absolute atomic E-state index is 12.6. The summed E-state index contributed by atoms with van der Waals surface area (Å²) in [7, 11) is 0. The molecule has 0 aromatic heterocycles. The van der Waals surface area contributed by atoms with Gasteiger partial charge in [0.2, 0.25) is 5.91 Å². The van der Waals surface area contributed by atoms with Crippen LogP contribution in [0.5, 0.6) is 0 Å². The molecular weight excluding hydrogens is 332 g/mol. The number of benzene rings is 2. The van der Waals surface area contributed by atoms with Gasteiger partial charge in [-0.25, -0.2) is 0 Å². The number of carbonyl (C=O) groups is 2. The zero-order valence-corrected chi connectivity index (χ0v) is 13.8. The first-order chi connectivity index (χ1) is 11.1. The van der Waals surface area contributed by atoms with Gasteiger partial charge in [-0.3, -0.25) is 9.59 Å². The van der Waals surface area contributed by atoms with Crippen LogP contribution in [0.25, 0.3) is 0 Å². The molecule has 3 rings (SSSR count). The zero-order chi connectivity index (χ0) is 16.2. The standard InChI is InChI=1S/C17H15ClN2O2S/c18-13-7-4-8-14(9-13)19-16(21)15-10-23-11-20(15)17(22)12-5-2-1-3-6-12/h1-9,15H,10-11H2,(H,19,21). The van der Waals surface area contributed by atoms with Crippen molar-refractivity contribution in [1.29, 1.82) is 0 Å². The summed E-state index contributed by atoms with van der Waals surface area (Å²) in [4.78, 5) is 26.7. The molecule has 1 fully saturated rings. The largest absolute Gasteiger partial charge is 0.324 e. The Bertz CT molecular complexity index is 724. The Hall–Kier alpha value is -1.98. The van der Waals surface area contributed by atoms with Crippen LogP contribution in [0.3, 0.4) is 0 Å². The highest BCUT2D eigenvalue weighted by Crippen LogP contribution is 2.25. The molecule has 0 spiro atoms. The average molecular weight is 347 g/mol. The number of nitrogens with zero attached hydrogens (tertiary/aromatic N) is 1. The summed E-state index contributed by atoms with van der Waals surface area (Å²) in [5.74, 6) is 0.787. The summed E-state index contributed by atoms with van der Waals surface area (Å²) in [5, 5.41) is 3.39. The first kappa shape index (κ1) is 15.9. The van der Waals surface area contributed by atoms with Gasteiger partial charge in [0.1, 0.15) is 6.04 Å². The Balaban J connectivity index is 1.73. The maximum Gasteiger partial charge on any atom is 0.255 e. The van der Waals surface area contributed by atoms with E-state index in [9.17, 15) is 9.59 Å². The highest BCUT2D eigenvalue weighted by molar-refractivity contribution is 7.99. The number of anilines is 1. The van der Waals surface area contributed by atoms with Crippen LogP contribution < -0.4 is 5.32 Å². The molecule has 23 heavy (non-hydrogen) atoms. The molecule has 6 heteroatoms. The summed E-state index contributed by atoms with van der Waals surface area (Å²) in [5.41, 5.74) is 1.22. The van der Waals surface area contributed by atoms with Crippen LogP contribution in [0.1, 0.15) is 10.4 Å². The van der Waals surface area contributed by atoms with E-state index in [-0.39, 0.29) is 11.8 Å². The van der Waals surface area contributed by atoms with Crippen molar-refractivity contribution in [3.05, 3.63) is 65.2 Å². The lowest BCUT2D eigenvalue weighted by molar-refractivity contribution is -0.119. The number of halogens is 1. The van der Waals surface area contributed by atoms with Crippen LogP contribution in [-0.4, -0.2) is 34.4 Å². The van der Waals surface area contributed by atoms with Gasteiger partial charge in [-0.2, -0.15) is 0 Å². The molecule has 1 aliphatic heterocycles. The Morgan fingerprint density at radius 1 is 1.13 bits per heavy atom. The second-order valence-corrected chi connectivity index (χ2v) is 6.59. The normalized spacial score (nSPS) is 17.1. The van der Waals surface area contributed by atoms with Gasteiger partial charge in [0.05, 0.1) is 5.88 Å². The molecule has 118 valence electrons. The van der Waals surface area contributed by atoms with Crippen molar-refractivity contribution in [2.24, 2.45) is 0 Å². The molecule has 1 N–H and O–H groups in total. The van der Waals surface area contributed by atoms with Gasteiger partial charge in [-0.05, 0) is 30.3 Å². The minimum atomic E-state index is -0.480. The fraction of sp³-hybridized carbons (Fsp3) is 0.176. The first-order valence-corrected chi connectivity index (χ1v) is 8.68. The molecule has 1 heterocycles. The predicted octanol–water partition coefficient (Wildman–Crippen LogP) is 3.49. The number of hydrogen-bond acceptors (Lipinski definition) is 3. The molecule has 1 aliphatic rings. The van der Waals surface area contributed by atoms with Gasteiger partial charge in [-0.1, -0.05) is 35.9 Å². The van der Waals surface area contributed by atoms with Crippen molar-refractivity contribution < 1.29 is 9.59 Å². The highest BCUT2D eigenvalue weighted by atomic mass is 35.5. The number of carbonyl (C=O) groups excluding carboxylic acids is 2. The van der Waals surface area contributed by atoms with Gasteiger partial charge in [-0.15, -0.1) is 11.8 Å². The average Bonchev–Trinajstić information content (AvgIpc) is 3.05. The fourth-order valence-electron chi connectivity index (χ4n) is 2.40. The van der Waals surface area contributed by atoms with E-state index in [1.807, 2.05) is 18.2 Å². The van der Waals surface area contributed by atoms with E-state index in [0.29, 0.717) is 27.9 Å². The SMILES string of the molecule is O=C(Nc1cccc(Cl)c1)C1CSCN1C(=O)c1ccccc1. The molecule has 0 bridgehead atoms. The Labute approximate surface area is 143 Å². The number of thioether (sulfide) groups is 1. The molecule has 2 aromatic rings. The number of rotatable bonds is 3. The monoisotopic (exact) mass is 346 g/mol. The van der Waals surface area contributed by atoms with Crippen molar-refractivity contribution >= 4 is 40.9 Å².